The molecular weight excluding hydrogens is 338 g/mol. The van der Waals surface area contributed by atoms with Gasteiger partial charge in [-0.15, -0.1) is 11.3 Å². The molecule has 1 aromatic carbocycles. The highest BCUT2D eigenvalue weighted by Crippen LogP contribution is 2.65. The van der Waals surface area contributed by atoms with E-state index in [0.717, 1.165) is 19.3 Å². The number of hydroxylamine groups is 2. The second kappa shape index (κ2) is 5.02. The van der Waals surface area contributed by atoms with Crippen LogP contribution in [0.15, 0.2) is 41.8 Å². The molecule has 5 nitrogen and oxygen atoms in total. The molecule has 4 aliphatic rings. The second-order valence-electron chi connectivity index (χ2n) is 6.97. The summed E-state index contributed by atoms with van der Waals surface area (Å²) in [4.78, 5) is 44.1. The maximum Gasteiger partial charge on any atom is 0.337 e. The van der Waals surface area contributed by atoms with Gasteiger partial charge in [0.25, 0.3) is 11.8 Å². The number of fused-ring (bicyclic) bond motifs is 2. The van der Waals surface area contributed by atoms with Gasteiger partial charge in [-0.3, -0.25) is 9.59 Å². The largest absolute Gasteiger partial charge is 0.337 e. The highest BCUT2D eigenvalue weighted by molar-refractivity contribution is 7.10. The quantitative estimate of drug-likeness (QED) is 0.795. The average Bonchev–Trinajstić information content (AvgIpc) is 3.35. The average molecular weight is 353 g/mol. The molecule has 1 aliphatic heterocycles. The number of thiophene rings is 1. The van der Waals surface area contributed by atoms with E-state index in [-0.39, 0.29) is 28.4 Å². The van der Waals surface area contributed by atoms with Crippen molar-refractivity contribution in [1.82, 2.24) is 5.06 Å². The molecule has 126 valence electrons. The van der Waals surface area contributed by atoms with Crippen molar-refractivity contribution in [3.63, 3.8) is 0 Å². The molecule has 6 rings (SSSR count). The number of hydrogen-bond donors (Lipinski definition) is 0. The number of amides is 2. The van der Waals surface area contributed by atoms with E-state index in [1.165, 1.54) is 4.88 Å². The lowest BCUT2D eigenvalue weighted by Crippen LogP contribution is -2.50. The van der Waals surface area contributed by atoms with Crippen molar-refractivity contribution >= 4 is 29.1 Å². The minimum atomic E-state index is -0.564. The van der Waals surface area contributed by atoms with Gasteiger partial charge in [0.05, 0.1) is 17.0 Å². The van der Waals surface area contributed by atoms with Crippen LogP contribution in [0.4, 0.5) is 0 Å². The molecule has 3 aliphatic carbocycles. The molecule has 0 radical (unpaired) electrons. The molecule has 2 bridgehead atoms. The summed E-state index contributed by atoms with van der Waals surface area (Å²) in [6.07, 6.45) is 2.93. The van der Waals surface area contributed by atoms with Crippen molar-refractivity contribution in [3.8, 4) is 0 Å². The smallest absolute Gasteiger partial charge is 0.329 e. The molecule has 0 unspecified atom stereocenters. The lowest BCUT2D eigenvalue weighted by Gasteiger charge is -2.45. The molecule has 0 spiro atoms. The number of rotatable bonds is 3. The summed E-state index contributed by atoms with van der Waals surface area (Å²) < 4.78 is 0. The van der Waals surface area contributed by atoms with E-state index in [4.69, 9.17) is 4.84 Å². The minimum Gasteiger partial charge on any atom is -0.329 e. The van der Waals surface area contributed by atoms with Crippen LogP contribution in [0.5, 0.6) is 0 Å². The highest BCUT2D eigenvalue weighted by Gasteiger charge is 2.64. The fourth-order valence-electron chi connectivity index (χ4n) is 4.73. The summed E-state index contributed by atoms with van der Waals surface area (Å²) in [5, 5.41) is 2.65. The maximum atomic E-state index is 12.8. The number of nitrogens with zero attached hydrogens (tertiary/aromatic N) is 1. The van der Waals surface area contributed by atoms with Crippen LogP contribution in [0.1, 0.15) is 44.9 Å². The first-order chi connectivity index (χ1) is 12.1. The van der Waals surface area contributed by atoms with Crippen molar-refractivity contribution in [1.29, 1.82) is 0 Å². The van der Waals surface area contributed by atoms with Crippen LogP contribution in [0.25, 0.3) is 0 Å². The van der Waals surface area contributed by atoms with E-state index in [9.17, 15) is 14.4 Å². The Kier molecular flexibility index (Phi) is 2.98. The summed E-state index contributed by atoms with van der Waals surface area (Å²) in [5.41, 5.74) is 0.393. The zero-order chi connectivity index (χ0) is 17.2. The first kappa shape index (κ1) is 14.8. The van der Waals surface area contributed by atoms with Gasteiger partial charge in [0.15, 0.2) is 0 Å². The molecule has 2 aromatic rings. The summed E-state index contributed by atoms with van der Waals surface area (Å²) in [7, 11) is 0. The number of benzene rings is 1. The Labute approximate surface area is 148 Å². The predicted molar refractivity (Wildman–Crippen MR) is 89.9 cm³/mol. The second-order valence-corrected chi connectivity index (χ2v) is 7.92. The SMILES string of the molecule is O=C(ON1C(=O)c2ccccc2C1=O)[C@@H]1[C@@H]2CC[C@@]1(c1cccs1)C2. The monoisotopic (exact) mass is 353 g/mol. The third-order valence-electron chi connectivity index (χ3n) is 5.86. The fourth-order valence-corrected chi connectivity index (χ4v) is 5.73. The van der Waals surface area contributed by atoms with Crippen LogP contribution in [-0.4, -0.2) is 22.8 Å². The molecular formula is C19H15NO4S. The van der Waals surface area contributed by atoms with Crippen LogP contribution in [-0.2, 0) is 15.0 Å². The minimum absolute atomic E-state index is 0.172. The van der Waals surface area contributed by atoms with Gasteiger partial charge in [0.2, 0.25) is 0 Å². The van der Waals surface area contributed by atoms with Gasteiger partial charge in [-0.1, -0.05) is 23.3 Å². The molecule has 3 fully saturated rings. The van der Waals surface area contributed by atoms with E-state index in [0.29, 0.717) is 5.06 Å². The molecule has 0 N–H and O–H groups in total. The van der Waals surface area contributed by atoms with Crippen molar-refractivity contribution in [2.75, 3.05) is 0 Å². The fraction of sp³-hybridized carbons (Fsp3) is 0.316. The van der Waals surface area contributed by atoms with Crippen LogP contribution >= 0.6 is 11.3 Å². The van der Waals surface area contributed by atoms with Gasteiger partial charge in [-0.25, -0.2) is 4.79 Å². The summed E-state index contributed by atoms with van der Waals surface area (Å²) in [6, 6.07) is 10.6. The van der Waals surface area contributed by atoms with E-state index in [2.05, 4.69) is 6.07 Å². The Morgan fingerprint density at radius 1 is 1.12 bits per heavy atom. The molecule has 2 heterocycles. The lowest BCUT2D eigenvalue weighted by atomic mass is 9.59. The zero-order valence-electron chi connectivity index (χ0n) is 13.3. The number of imide groups is 1. The number of carbonyl (C=O) groups excluding carboxylic acids is 3. The molecule has 3 saturated carbocycles. The van der Waals surface area contributed by atoms with Crippen LogP contribution < -0.4 is 0 Å². The molecule has 2 amide bonds. The van der Waals surface area contributed by atoms with Gasteiger partial charge in [0.1, 0.15) is 0 Å². The lowest BCUT2D eigenvalue weighted by molar-refractivity contribution is -0.182. The molecule has 25 heavy (non-hydrogen) atoms. The van der Waals surface area contributed by atoms with Crippen molar-refractivity contribution in [3.05, 3.63) is 57.8 Å². The van der Waals surface area contributed by atoms with Crippen molar-refractivity contribution in [2.24, 2.45) is 11.8 Å². The van der Waals surface area contributed by atoms with Gasteiger partial charge >= 0.3 is 5.97 Å². The maximum absolute atomic E-state index is 12.8. The van der Waals surface area contributed by atoms with E-state index < -0.39 is 17.8 Å². The zero-order valence-corrected chi connectivity index (χ0v) is 14.1. The molecule has 1 aromatic heterocycles. The number of carbonyl (C=O) groups is 3. The predicted octanol–water partition coefficient (Wildman–Crippen LogP) is 3.17. The molecule has 3 atom stereocenters. The standard InChI is InChI=1S/C19H15NO4S/c21-16-12-4-1-2-5-13(12)17(22)20(16)24-18(23)15-11-7-8-19(15,10-11)14-6-3-9-25-14/h1-6,9,11,15H,7-8,10H2/t11-,15+,19+/m1/s1. The van der Waals surface area contributed by atoms with Gasteiger partial charge in [-0.2, -0.15) is 0 Å². The normalized spacial score (nSPS) is 29.5. The third-order valence-corrected chi connectivity index (χ3v) is 6.95. The molecule has 6 heteroatoms. The van der Waals surface area contributed by atoms with Crippen LogP contribution in [0.3, 0.4) is 0 Å². The Hall–Kier alpha value is -2.47. The summed E-state index contributed by atoms with van der Waals surface area (Å²) in [5.74, 6) is -1.58. The first-order valence-electron chi connectivity index (χ1n) is 8.35. The van der Waals surface area contributed by atoms with Crippen molar-refractivity contribution in [2.45, 2.75) is 24.7 Å². The summed E-state index contributed by atoms with van der Waals surface area (Å²) >= 11 is 1.66. The third kappa shape index (κ3) is 1.86. The first-order valence-corrected chi connectivity index (χ1v) is 9.23. The Morgan fingerprint density at radius 2 is 1.84 bits per heavy atom. The number of hydrogen-bond acceptors (Lipinski definition) is 5. The van der Waals surface area contributed by atoms with Gasteiger partial charge in [0, 0.05) is 10.3 Å². The van der Waals surface area contributed by atoms with E-state index >= 15 is 0 Å². The molecule has 0 saturated heterocycles. The van der Waals surface area contributed by atoms with Crippen LogP contribution in [0, 0.1) is 11.8 Å². The van der Waals surface area contributed by atoms with E-state index in [1.807, 2.05) is 11.4 Å². The summed E-state index contributed by atoms with van der Waals surface area (Å²) in [6.45, 7) is 0. The van der Waals surface area contributed by atoms with E-state index in [1.54, 1.807) is 35.6 Å². The Balaban J connectivity index is 1.40. The van der Waals surface area contributed by atoms with Gasteiger partial charge < -0.3 is 4.84 Å². The van der Waals surface area contributed by atoms with Crippen molar-refractivity contribution < 1.29 is 19.2 Å². The Morgan fingerprint density at radius 3 is 2.44 bits per heavy atom. The topological polar surface area (TPSA) is 63.7 Å². The Bertz CT molecular complexity index is 867. The highest BCUT2D eigenvalue weighted by atomic mass is 32.1. The van der Waals surface area contributed by atoms with Crippen LogP contribution in [0.2, 0.25) is 0 Å². The van der Waals surface area contributed by atoms with Gasteiger partial charge in [-0.05, 0) is 48.8 Å².